The van der Waals surface area contributed by atoms with Gasteiger partial charge in [0.1, 0.15) is 104 Å². The molecule has 6 aromatic rings. The minimum absolute atomic E-state index is 0.167. The Morgan fingerprint density at radius 3 is 0.322 bits per heavy atom. The Hall–Kier alpha value is -9.06. The zero-order valence-corrected chi connectivity index (χ0v) is 55.5. The van der Waals surface area contributed by atoms with E-state index in [1.807, 2.05) is 41.5 Å². The molecule has 0 spiro atoms. The molecule has 12 N–H and O–H groups in total. The van der Waals surface area contributed by atoms with Gasteiger partial charge < -0.3 is 90.0 Å². The lowest BCUT2D eigenvalue weighted by molar-refractivity contribution is -0.115. The maximum atomic E-state index is 11.5. The molecule has 0 aliphatic heterocycles. The topological polar surface area (TPSA) is 345 Å². The van der Waals surface area contributed by atoms with Crippen LogP contribution >= 0.6 is 0 Å². The van der Waals surface area contributed by atoms with Gasteiger partial charge in [0, 0.05) is 139 Å². The second-order valence-electron chi connectivity index (χ2n) is 23.0. The highest BCUT2D eigenvalue weighted by Gasteiger charge is 2.33. The van der Waals surface area contributed by atoms with Gasteiger partial charge in [0.2, 0.25) is 0 Å². The fourth-order valence-electron chi connectivity index (χ4n) is 10.7. The molecule has 1 aliphatic carbocycles. The van der Waals surface area contributed by atoms with Gasteiger partial charge in [-0.1, -0.05) is 41.5 Å². The van der Waals surface area contributed by atoms with Gasteiger partial charge in [0.25, 0.3) is 0 Å². The van der Waals surface area contributed by atoms with Crippen molar-refractivity contribution in [2.75, 3.05) is 0 Å². The third-order valence-corrected chi connectivity index (χ3v) is 14.0. The number of Topliss-reactive ketones (excluding diaryl/α,β-unsaturated/α-hetero) is 6. The highest BCUT2D eigenvalue weighted by atomic mass is 16.3. The van der Waals surface area contributed by atoms with Crippen LogP contribution in [0.3, 0.4) is 0 Å². The van der Waals surface area contributed by atoms with Crippen molar-refractivity contribution in [3.63, 3.8) is 0 Å². The van der Waals surface area contributed by atoms with Crippen molar-refractivity contribution in [3.05, 3.63) is 140 Å². The fourth-order valence-corrected chi connectivity index (χ4v) is 10.7. The van der Waals surface area contributed by atoms with Crippen LogP contribution < -0.4 is 0 Å². The highest BCUT2D eigenvalue weighted by molar-refractivity contribution is 5.74. The van der Waals surface area contributed by atoms with Crippen LogP contribution in [-0.4, -0.2) is 96.0 Å². The Balaban J connectivity index is 0.00000144. The highest BCUT2D eigenvalue weighted by Crippen LogP contribution is 2.53. The van der Waals surface area contributed by atoms with Crippen molar-refractivity contribution < 1.29 is 90.0 Å². The molecule has 0 aromatic heterocycles. The number of benzene rings is 6. The lowest BCUT2D eigenvalue weighted by atomic mass is 9.78. The molecular formula is C72H96O18. The molecule has 0 amide bonds. The first-order valence-corrected chi connectivity index (χ1v) is 30.0. The van der Waals surface area contributed by atoms with Crippen LogP contribution in [0.5, 0.6) is 69.0 Å². The smallest absolute Gasteiger partial charge is 0.126 e. The number of hydrogen-bond donors (Lipinski definition) is 12. The zero-order valence-electron chi connectivity index (χ0n) is 55.5. The van der Waals surface area contributed by atoms with Gasteiger partial charge in [-0.3, -0.25) is 0 Å². The molecule has 0 atom stereocenters. The van der Waals surface area contributed by atoms with Gasteiger partial charge in [-0.2, -0.15) is 0 Å². The quantitative estimate of drug-likeness (QED) is 0.0737. The van der Waals surface area contributed by atoms with Crippen LogP contribution in [0.1, 0.15) is 265 Å². The first-order valence-electron chi connectivity index (χ1n) is 30.0. The van der Waals surface area contributed by atoms with Crippen molar-refractivity contribution >= 4 is 34.7 Å². The van der Waals surface area contributed by atoms with Gasteiger partial charge in [0.15, 0.2) is 0 Å². The second kappa shape index (κ2) is 36.4. The van der Waals surface area contributed by atoms with Crippen LogP contribution in [-0.2, 0) is 28.8 Å². The van der Waals surface area contributed by atoms with Gasteiger partial charge in [-0.25, -0.2) is 0 Å². The largest absolute Gasteiger partial charge is 0.508 e. The van der Waals surface area contributed by atoms with E-state index in [1.54, 1.807) is 36.4 Å². The molecule has 6 aromatic carbocycles. The summed E-state index contributed by atoms with van der Waals surface area (Å²) in [5.74, 6) is -6.46. The average Bonchev–Trinajstić information content (AvgIpc) is 0.786. The first kappa shape index (κ1) is 79.0. The Morgan fingerprint density at radius 2 is 0.267 bits per heavy atom. The van der Waals surface area contributed by atoms with Crippen molar-refractivity contribution in [3.8, 4) is 69.0 Å². The molecule has 18 heteroatoms. The first-order chi connectivity index (χ1) is 41.8. The Bertz CT molecular complexity index is 2710. The average molecular weight is 1250 g/mol. The van der Waals surface area contributed by atoms with E-state index < -0.39 is 35.5 Å². The van der Waals surface area contributed by atoms with Crippen molar-refractivity contribution in [2.24, 2.45) is 0 Å². The van der Waals surface area contributed by atoms with Gasteiger partial charge in [-0.05, 0) is 158 Å². The molecule has 0 unspecified atom stereocenters. The van der Waals surface area contributed by atoms with E-state index in [0.717, 1.165) is 0 Å². The van der Waals surface area contributed by atoms with Gasteiger partial charge >= 0.3 is 0 Å². The molecule has 0 heterocycles. The number of rotatable bonds is 6. The van der Waals surface area contributed by atoms with E-state index in [4.69, 9.17) is 0 Å². The number of carbonyl (C=O) groups is 6. The molecule has 0 fully saturated rings. The minimum Gasteiger partial charge on any atom is -0.508 e. The molecular weight excluding hydrogens is 1150 g/mol. The van der Waals surface area contributed by atoms with Crippen LogP contribution in [0.2, 0.25) is 0 Å². The summed E-state index contributed by atoms with van der Waals surface area (Å²) in [4.78, 5) is 56.7. The molecule has 18 nitrogen and oxygen atoms in total. The number of phenolic OH excluding ortho intramolecular Hbond substituents is 12. The Kier molecular flexibility index (Phi) is 32.0. The standard InChI is InChI=1S/C54H60O12.6C3H6O/c1-7-25-31-13-33(45(57)19-43(31)55)26(8-2)35-15-37(49(61)21-47(35)59)28(10-4)39-17-41(53(65)23-51(39)63)30(12-6)42-18-40(52(64)24-54(42)66)29(11-5)38-16-36(48(60)22-50(38)62)27(9-3)34-14-32(25)44(56)20-46(34)58;6*1-3(2)4/h13-30,55-66H,7-12H2,1-6H3;6*1-2H3. The number of carbonyl (C=O) groups excluding carboxylic acids is 6. The predicted molar refractivity (Wildman–Crippen MR) is 350 cm³/mol. The van der Waals surface area contributed by atoms with Crippen LogP contribution in [0, 0.1) is 0 Å². The number of fused-ring (bicyclic) bond motifs is 12. The maximum absolute atomic E-state index is 11.5. The van der Waals surface area contributed by atoms with Crippen molar-refractivity contribution in [1.82, 2.24) is 0 Å². The maximum Gasteiger partial charge on any atom is 0.126 e. The number of hydrogen-bond acceptors (Lipinski definition) is 18. The summed E-state index contributed by atoms with van der Waals surface area (Å²) in [7, 11) is 0. The van der Waals surface area contributed by atoms with Gasteiger partial charge in [-0.15, -0.1) is 0 Å². The second-order valence-corrected chi connectivity index (χ2v) is 23.0. The minimum atomic E-state index is -0.712. The Labute approximate surface area is 529 Å². The van der Waals surface area contributed by atoms with Crippen molar-refractivity contribution in [2.45, 2.75) is 199 Å². The zero-order chi connectivity index (χ0) is 69.5. The molecule has 12 bridgehead atoms. The predicted octanol–water partition coefficient (Wildman–Crippen LogP) is 15.3. The summed E-state index contributed by atoms with van der Waals surface area (Å²) in [5.41, 5.74) is 4.04. The summed E-state index contributed by atoms with van der Waals surface area (Å²) >= 11 is 0. The summed E-state index contributed by atoms with van der Waals surface area (Å²) in [6.45, 7) is 29.5. The third-order valence-electron chi connectivity index (χ3n) is 14.0. The summed E-state index contributed by atoms with van der Waals surface area (Å²) in [5, 5.41) is 138. The molecule has 0 saturated heterocycles. The monoisotopic (exact) mass is 1250 g/mol. The number of ketones is 6. The lowest BCUT2D eigenvalue weighted by Crippen LogP contribution is -2.10. The van der Waals surface area contributed by atoms with Gasteiger partial charge in [0.05, 0.1) is 0 Å². The molecule has 7 rings (SSSR count). The van der Waals surface area contributed by atoms with E-state index in [1.165, 1.54) is 119 Å². The van der Waals surface area contributed by atoms with E-state index in [2.05, 4.69) is 0 Å². The Morgan fingerprint density at radius 1 is 0.200 bits per heavy atom. The molecule has 90 heavy (non-hydrogen) atoms. The summed E-state index contributed by atoms with van der Waals surface area (Å²) < 4.78 is 0. The third kappa shape index (κ3) is 22.2. The van der Waals surface area contributed by atoms with Crippen LogP contribution in [0.4, 0.5) is 0 Å². The van der Waals surface area contributed by atoms with Crippen LogP contribution in [0.15, 0.2) is 72.8 Å². The summed E-state index contributed by atoms with van der Waals surface area (Å²) in [6.07, 6.45) is 1.99. The SMILES string of the molecule is CC(C)=O.CC(C)=O.CC(C)=O.CC(C)=O.CC(C)=O.CC(C)=O.CCC1c2cc(c(O)cc2O)C(CC)c2cc(c(O)cc2O)C(CC)c2cc(c(O)cc2O)C(CC)c2cc(c(O)cc2O)C(CC)c2cc(c(O)cc2O)C(CC)c2cc1c(O)cc2O. The van der Waals surface area contributed by atoms with Crippen molar-refractivity contribution in [1.29, 1.82) is 0 Å². The number of phenols is 12. The van der Waals surface area contributed by atoms with E-state index in [9.17, 15) is 90.0 Å². The van der Waals surface area contributed by atoms with E-state index >= 15 is 0 Å². The fraction of sp³-hybridized carbons (Fsp3) is 0.417. The molecule has 1 aliphatic rings. The van der Waals surface area contributed by atoms with Crippen LogP contribution in [0.25, 0.3) is 0 Å². The lowest BCUT2D eigenvalue weighted by Gasteiger charge is -2.28. The summed E-state index contributed by atoms with van der Waals surface area (Å²) in [6, 6.07) is 17.1. The van der Waals surface area contributed by atoms with E-state index in [0.29, 0.717) is 105 Å². The normalized spacial score (nSPS) is 16.1. The molecule has 492 valence electrons. The molecule has 0 saturated carbocycles. The van der Waals surface area contributed by atoms with E-state index in [-0.39, 0.29) is 104 Å². The molecule has 0 radical (unpaired) electrons. The number of aromatic hydroxyl groups is 12.